The summed E-state index contributed by atoms with van der Waals surface area (Å²) in [6, 6.07) is 37.4. The molecule has 0 amide bonds. The van der Waals surface area contributed by atoms with Gasteiger partial charge < -0.3 is 0 Å². The molecule has 86 heavy (non-hydrogen) atoms. The number of thiophene rings is 3. The highest BCUT2D eigenvalue weighted by Crippen LogP contribution is 2.46. The van der Waals surface area contributed by atoms with Crippen molar-refractivity contribution in [3.63, 3.8) is 0 Å². The molecule has 16 rings (SSSR count). The Kier molecular flexibility index (Phi) is 13.6. The van der Waals surface area contributed by atoms with Gasteiger partial charge in [-0.25, -0.2) is 57.1 Å². The van der Waals surface area contributed by atoms with Gasteiger partial charge in [0.1, 0.15) is 0 Å². The summed E-state index contributed by atoms with van der Waals surface area (Å²) in [7, 11) is 0. The number of fused-ring (bicyclic) bond motifs is 12. The monoisotopic (exact) mass is 1300 g/mol. The van der Waals surface area contributed by atoms with Crippen LogP contribution in [0.1, 0.15) is 0 Å². The van der Waals surface area contributed by atoms with Crippen LogP contribution < -0.4 is 0 Å². The fourth-order valence-electron chi connectivity index (χ4n) is 10.9. The molecule has 0 bridgehead atoms. The Hall–Kier alpha value is -7.67. The van der Waals surface area contributed by atoms with Crippen LogP contribution in [0.3, 0.4) is 0 Å². The molecule has 0 spiro atoms. The topological polar surface area (TPSA) is 0 Å². The molecule has 16 aromatic rings. The number of rotatable bonds is 1. The van der Waals surface area contributed by atoms with Crippen molar-refractivity contribution in [3.05, 3.63) is 234 Å². The lowest BCUT2D eigenvalue weighted by atomic mass is 9.98. The van der Waals surface area contributed by atoms with E-state index in [0.29, 0.717) is 62.5 Å². The van der Waals surface area contributed by atoms with Crippen LogP contribution >= 0.6 is 80.4 Å². The third-order valence-electron chi connectivity index (χ3n) is 15.2. The predicted molar refractivity (Wildman–Crippen MR) is 328 cm³/mol. The maximum Gasteiger partial charge on any atom is 0.200 e. The van der Waals surface area contributed by atoms with Crippen molar-refractivity contribution in [1.82, 2.24) is 0 Å². The Bertz CT molecular complexity index is 5180. The van der Waals surface area contributed by atoms with Crippen LogP contribution in [0.2, 0.25) is 20.1 Å². The van der Waals surface area contributed by atoms with E-state index in [2.05, 4.69) is 35.7 Å². The molecule has 3 heterocycles. The molecule has 20 heteroatoms. The second-order valence-corrected chi connectivity index (χ2v) is 24.7. The fourth-order valence-corrected chi connectivity index (χ4v) is 14.7. The zero-order valence-electron chi connectivity index (χ0n) is 42.4. The van der Waals surface area contributed by atoms with E-state index in [1.54, 1.807) is 46.9 Å². The molecule has 0 nitrogen and oxygen atoms in total. The summed E-state index contributed by atoms with van der Waals surface area (Å²) < 4.78 is 183. The Balaban J connectivity index is 0.000000117. The quantitative estimate of drug-likeness (QED) is 0.0665. The van der Waals surface area contributed by atoms with Crippen molar-refractivity contribution in [3.8, 4) is 10.4 Å². The normalized spacial score (nSPS) is 12.0. The molecular formula is C66H23Cl4F13S3. The van der Waals surface area contributed by atoms with Crippen LogP contribution in [0.25, 0.3) is 138 Å². The Morgan fingerprint density at radius 3 is 0.826 bits per heavy atom. The van der Waals surface area contributed by atoms with E-state index < -0.39 is 92.0 Å². The second kappa shape index (κ2) is 20.8. The van der Waals surface area contributed by atoms with Crippen LogP contribution in [-0.2, 0) is 0 Å². The van der Waals surface area contributed by atoms with Crippen LogP contribution in [0.15, 0.2) is 138 Å². The van der Waals surface area contributed by atoms with Gasteiger partial charge in [-0.1, -0.05) is 46.4 Å². The van der Waals surface area contributed by atoms with Crippen molar-refractivity contribution in [2.75, 3.05) is 0 Å². The van der Waals surface area contributed by atoms with Gasteiger partial charge in [-0.15, -0.1) is 34.0 Å². The second-order valence-electron chi connectivity index (χ2n) is 20.2. The largest absolute Gasteiger partial charge is 0.203 e. The van der Waals surface area contributed by atoms with Crippen molar-refractivity contribution >= 4 is 208 Å². The first-order valence-electron chi connectivity index (χ1n) is 25.2. The standard InChI is InChI=1S/C26H7F9S.C20H8Cl4S.C20H8F4S/c27-18-13-4-9-1-8-3-12-7-16(17-20(29)24(33)26(35)25(34)21(17)30)36-15(12)6-11(8)2-10(9)5-14(13)19(28)23(32)22(18)31;2*21-17-14-6-11-4-10-3-9-1-2-25-16(9)8-13(10)5-12(11)7-15(14)18(22)20(24)19(17)23/h1-7H;2*1-8H. The number of halogens is 17. The van der Waals surface area contributed by atoms with Gasteiger partial charge in [0.25, 0.3) is 0 Å². The molecule has 424 valence electrons. The van der Waals surface area contributed by atoms with Crippen LogP contribution in [0.4, 0.5) is 57.1 Å². The fraction of sp³-hybridized carbons (Fsp3) is 0. The highest BCUT2D eigenvalue weighted by atomic mass is 35.5. The SMILES string of the molecule is Clc1c(Cl)c(Cl)c2cc3cc4cc5sccc5cc4cc3cc2c1Cl.Fc1c(F)c(F)c(-c2cc3cc4cc5cc6c(F)c(F)c(F)c(F)c6cc5cc4cc3s2)c(F)c1F.Fc1c(F)c(F)c2cc3cc4cc5sccc5cc4cc3cc2c1F. The Labute approximate surface area is 505 Å². The van der Waals surface area contributed by atoms with E-state index in [-0.39, 0.29) is 15.6 Å². The summed E-state index contributed by atoms with van der Waals surface area (Å²) in [4.78, 5) is -0.196. The van der Waals surface area contributed by atoms with E-state index in [1.807, 2.05) is 47.8 Å². The first-order chi connectivity index (χ1) is 41.1. The predicted octanol–water partition coefficient (Wildman–Crippen LogP) is 25.2. The van der Waals surface area contributed by atoms with Crippen molar-refractivity contribution in [2.24, 2.45) is 0 Å². The van der Waals surface area contributed by atoms with Gasteiger partial charge in [0.15, 0.2) is 69.8 Å². The first-order valence-corrected chi connectivity index (χ1v) is 29.3. The summed E-state index contributed by atoms with van der Waals surface area (Å²) in [6.07, 6.45) is 0. The first kappa shape index (κ1) is 56.2. The zero-order valence-corrected chi connectivity index (χ0v) is 47.9. The molecule has 0 saturated heterocycles. The maximum atomic E-state index is 14.3. The highest BCUT2D eigenvalue weighted by molar-refractivity contribution is 7.22. The summed E-state index contributed by atoms with van der Waals surface area (Å²) in [5.41, 5.74) is -1.05. The van der Waals surface area contributed by atoms with E-state index >= 15 is 0 Å². The molecule has 0 radical (unpaired) electrons. The van der Waals surface area contributed by atoms with Gasteiger partial charge in [-0.3, -0.25) is 0 Å². The average molecular weight is 1300 g/mol. The molecule has 0 saturated carbocycles. The van der Waals surface area contributed by atoms with Gasteiger partial charge in [-0.05, 0) is 219 Å². The highest BCUT2D eigenvalue weighted by Gasteiger charge is 2.29. The molecule has 0 aliphatic heterocycles. The zero-order chi connectivity index (χ0) is 60.2. The summed E-state index contributed by atoms with van der Waals surface area (Å²) in [6.45, 7) is 0. The summed E-state index contributed by atoms with van der Waals surface area (Å²) in [5, 5.41) is 18.1. The summed E-state index contributed by atoms with van der Waals surface area (Å²) in [5.74, 6) is -23.5. The third-order valence-corrected chi connectivity index (χ3v) is 19.9. The molecule has 13 aromatic carbocycles. The Morgan fingerprint density at radius 1 is 0.221 bits per heavy atom. The average Bonchev–Trinajstić information content (AvgIpc) is 1.36. The molecule has 0 unspecified atom stereocenters. The van der Waals surface area contributed by atoms with Crippen molar-refractivity contribution in [1.29, 1.82) is 0 Å². The molecule has 0 fully saturated rings. The van der Waals surface area contributed by atoms with Gasteiger partial charge in [0, 0.05) is 51.3 Å². The molecule has 0 atom stereocenters. The lowest BCUT2D eigenvalue weighted by molar-refractivity contribution is 0.381. The molecular weight excluding hydrogens is 1280 g/mol. The van der Waals surface area contributed by atoms with E-state index in [0.717, 1.165) is 53.7 Å². The number of hydrogen-bond acceptors (Lipinski definition) is 3. The molecule has 3 aromatic heterocycles. The van der Waals surface area contributed by atoms with E-state index in [9.17, 15) is 57.1 Å². The van der Waals surface area contributed by atoms with E-state index in [1.165, 1.54) is 51.2 Å². The van der Waals surface area contributed by atoms with Crippen molar-refractivity contribution in [2.45, 2.75) is 0 Å². The maximum absolute atomic E-state index is 14.3. The smallest absolute Gasteiger partial charge is 0.200 e. The molecule has 0 N–H and O–H groups in total. The minimum absolute atomic E-state index is 0.196. The van der Waals surface area contributed by atoms with E-state index in [4.69, 9.17) is 46.4 Å². The van der Waals surface area contributed by atoms with Gasteiger partial charge in [0.05, 0.1) is 25.7 Å². The third kappa shape index (κ3) is 8.92. The number of benzene rings is 13. The van der Waals surface area contributed by atoms with Crippen LogP contribution in [-0.4, -0.2) is 0 Å². The number of hydrogen-bond donors (Lipinski definition) is 0. The lowest BCUT2D eigenvalue weighted by Gasteiger charge is -2.11. The van der Waals surface area contributed by atoms with Gasteiger partial charge in [-0.2, -0.15) is 0 Å². The lowest BCUT2D eigenvalue weighted by Crippen LogP contribution is -2.03. The van der Waals surface area contributed by atoms with Crippen LogP contribution in [0, 0.1) is 75.6 Å². The Morgan fingerprint density at radius 2 is 0.477 bits per heavy atom. The van der Waals surface area contributed by atoms with Crippen LogP contribution in [0.5, 0.6) is 0 Å². The molecule has 0 aliphatic carbocycles. The van der Waals surface area contributed by atoms with Gasteiger partial charge >= 0.3 is 0 Å². The summed E-state index contributed by atoms with van der Waals surface area (Å²) >= 11 is 29.4. The van der Waals surface area contributed by atoms with Gasteiger partial charge in [0.2, 0.25) is 5.82 Å². The molecule has 0 aliphatic rings. The van der Waals surface area contributed by atoms with Crippen molar-refractivity contribution < 1.29 is 57.1 Å². The minimum Gasteiger partial charge on any atom is -0.203 e. The minimum atomic E-state index is -2.26.